The first-order valence-corrected chi connectivity index (χ1v) is 21.2. The quantitative estimate of drug-likeness (QED) is 0.132. The maximum atomic E-state index is 5.62. The molecule has 62 heavy (non-hydrogen) atoms. The average Bonchev–Trinajstić information content (AvgIpc) is 3.35. The SMILES string of the molecule is c1ccc(-c2ccc3ccc4ccc(-c5c6ccccc6c(-c6cccc(-c7nc8c9ccccc9c9ccccc9c8c8ccccc78)c6)c6ccccc56)nc4c3n2)cc1. The first-order valence-electron chi connectivity index (χ1n) is 21.2. The van der Waals surface area contributed by atoms with Crippen molar-refractivity contribution in [3.8, 4) is 44.9 Å². The molecular weight excluding hydrogens is 751 g/mol. The second-order valence-electron chi connectivity index (χ2n) is 16.2. The van der Waals surface area contributed by atoms with Crippen molar-refractivity contribution in [2.24, 2.45) is 0 Å². The van der Waals surface area contributed by atoms with E-state index in [-0.39, 0.29) is 0 Å². The molecular formula is C59H35N3. The number of hydrogen-bond donors (Lipinski definition) is 0. The van der Waals surface area contributed by atoms with E-state index in [2.05, 4.69) is 206 Å². The zero-order valence-corrected chi connectivity index (χ0v) is 33.5. The summed E-state index contributed by atoms with van der Waals surface area (Å²) >= 11 is 0. The zero-order valence-electron chi connectivity index (χ0n) is 33.5. The van der Waals surface area contributed by atoms with Gasteiger partial charge in [0.25, 0.3) is 0 Å². The molecule has 3 nitrogen and oxygen atoms in total. The molecule has 13 rings (SSSR count). The zero-order chi connectivity index (χ0) is 40.7. The van der Waals surface area contributed by atoms with Gasteiger partial charge in [-0.25, -0.2) is 15.0 Å². The van der Waals surface area contributed by atoms with E-state index in [1.54, 1.807) is 0 Å². The molecule has 0 spiro atoms. The van der Waals surface area contributed by atoms with Crippen LogP contribution in [0.4, 0.5) is 0 Å². The molecule has 0 aliphatic rings. The van der Waals surface area contributed by atoms with Crippen LogP contribution in [0.1, 0.15) is 0 Å². The predicted molar refractivity (Wildman–Crippen MR) is 262 cm³/mol. The molecule has 3 aromatic heterocycles. The van der Waals surface area contributed by atoms with Crippen LogP contribution in [0.3, 0.4) is 0 Å². The molecule has 3 heterocycles. The third-order valence-electron chi connectivity index (χ3n) is 12.8. The van der Waals surface area contributed by atoms with Crippen LogP contribution in [0.25, 0.3) is 131 Å². The van der Waals surface area contributed by atoms with Crippen molar-refractivity contribution in [2.45, 2.75) is 0 Å². The molecule has 0 unspecified atom stereocenters. The lowest BCUT2D eigenvalue weighted by atomic mass is 9.86. The van der Waals surface area contributed by atoms with Gasteiger partial charge in [0.2, 0.25) is 0 Å². The number of benzene rings is 10. The Hall–Kier alpha value is -8.27. The van der Waals surface area contributed by atoms with E-state index in [1.807, 2.05) is 6.07 Å². The Morgan fingerprint density at radius 3 is 1.32 bits per heavy atom. The number of nitrogens with zero attached hydrogens (tertiary/aromatic N) is 3. The lowest BCUT2D eigenvalue weighted by Crippen LogP contribution is -1.95. The lowest BCUT2D eigenvalue weighted by Gasteiger charge is -2.18. The van der Waals surface area contributed by atoms with E-state index in [1.165, 1.54) is 48.7 Å². The molecule has 0 atom stereocenters. The van der Waals surface area contributed by atoms with Gasteiger partial charge in [0.15, 0.2) is 0 Å². The molecule has 0 N–H and O–H groups in total. The van der Waals surface area contributed by atoms with Gasteiger partial charge in [-0.05, 0) is 72.4 Å². The Balaban J connectivity index is 1.04. The van der Waals surface area contributed by atoms with Crippen LogP contribution < -0.4 is 0 Å². The van der Waals surface area contributed by atoms with Crippen LogP contribution in [0.15, 0.2) is 212 Å². The summed E-state index contributed by atoms with van der Waals surface area (Å²) in [6.07, 6.45) is 0. The minimum atomic E-state index is 0.901. The van der Waals surface area contributed by atoms with Crippen molar-refractivity contribution >= 4 is 86.6 Å². The van der Waals surface area contributed by atoms with Gasteiger partial charge in [0.1, 0.15) is 0 Å². The molecule has 3 heteroatoms. The average molecular weight is 786 g/mol. The van der Waals surface area contributed by atoms with E-state index in [4.69, 9.17) is 15.0 Å². The Bertz CT molecular complexity index is 3930. The minimum Gasteiger partial charge on any atom is -0.246 e. The fraction of sp³-hybridized carbons (Fsp3) is 0. The van der Waals surface area contributed by atoms with Crippen molar-refractivity contribution < 1.29 is 0 Å². The third kappa shape index (κ3) is 5.22. The fourth-order valence-electron chi connectivity index (χ4n) is 10.0. The molecule has 0 saturated heterocycles. The largest absolute Gasteiger partial charge is 0.246 e. The number of pyridine rings is 3. The maximum Gasteiger partial charge on any atom is 0.0972 e. The molecule has 0 amide bonds. The van der Waals surface area contributed by atoms with E-state index in [0.29, 0.717) is 0 Å². The van der Waals surface area contributed by atoms with E-state index in [9.17, 15) is 0 Å². The Labute approximate surface area is 357 Å². The second kappa shape index (κ2) is 13.6. The van der Waals surface area contributed by atoms with Crippen molar-refractivity contribution in [3.63, 3.8) is 0 Å². The van der Waals surface area contributed by atoms with Gasteiger partial charge < -0.3 is 0 Å². The normalized spacial score (nSPS) is 11.9. The van der Waals surface area contributed by atoms with Crippen LogP contribution in [0, 0.1) is 0 Å². The van der Waals surface area contributed by atoms with Crippen LogP contribution in [0.2, 0.25) is 0 Å². The van der Waals surface area contributed by atoms with Crippen molar-refractivity contribution in [1.29, 1.82) is 0 Å². The molecule has 0 radical (unpaired) electrons. The van der Waals surface area contributed by atoms with Gasteiger partial charge in [-0.2, -0.15) is 0 Å². The standard InChI is InChI=1S/C59H35N3/c1-2-15-36(16-3-1)51-33-31-37-29-30-38-32-34-52(61-58(38)57(37)60-51)54-46-24-9-7-22-44(46)53(45-23-8-10-25-47(45)54)39-17-14-18-40(35-39)56-50-28-13-11-26-48(50)55-43-21-6-4-19-41(43)42-20-5-12-27-49(42)59(55)62-56/h1-35H. The molecule has 0 bridgehead atoms. The Morgan fingerprint density at radius 2 is 0.677 bits per heavy atom. The fourth-order valence-corrected chi connectivity index (χ4v) is 10.0. The van der Waals surface area contributed by atoms with Crippen LogP contribution in [-0.2, 0) is 0 Å². The summed E-state index contributed by atoms with van der Waals surface area (Å²) in [5.41, 5.74) is 11.3. The number of fused-ring (bicyclic) bond motifs is 13. The topological polar surface area (TPSA) is 38.7 Å². The predicted octanol–water partition coefficient (Wildman–Crippen LogP) is 15.8. The van der Waals surface area contributed by atoms with Gasteiger partial charge in [-0.15, -0.1) is 0 Å². The number of aromatic nitrogens is 3. The summed E-state index contributed by atoms with van der Waals surface area (Å²) in [7, 11) is 0. The lowest BCUT2D eigenvalue weighted by molar-refractivity contribution is 1.37. The molecule has 0 fully saturated rings. The van der Waals surface area contributed by atoms with Crippen LogP contribution in [0.5, 0.6) is 0 Å². The molecule has 10 aromatic carbocycles. The van der Waals surface area contributed by atoms with E-state index < -0.39 is 0 Å². The summed E-state index contributed by atoms with van der Waals surface area (Å²) in [5.74, 6) is 0. The molecule has 286 valence electrons. The summed E-state index contributed by atoms with van der Waals surface area (Å²) in [5, 5.41) is 15.2. The highest BCUT2D eigenvalue weighted by Crippen LogP contribution is 2.46. The van der Waals surface area contributed by atoms with Gasteiger partial charge in [0.05, 0.1) is 33.6 Å². The number of hydrogen-bond acceptors (Lipinski definition) is 3. The maximum absolute atomic E-state index is 5.62. The minimum absolute atomic E-state index is 0.901. The van der Waals surface area contributed by atoms with Gasteiger partial charge in [0, 0.05) is 43.6 Å². The summed E-state index contributed by atoms with van der Waals surface area (Å²) < 4.78 is 0. The highest BCUT2D eigenvalue weighted by Gasteiger charge is 2.20. The molecule has 0 aliphatic heterocycles. The first-order chi connectivity index (χ1) is 30.8. The van der Waals surface area contributed by atoms with Crippen molar-refractivity contribution in [3.05, 3.63) is 212 Å². The third-order valence-corrected chi connectivity index (χ3v) is 12.8. The van der Waals surface area contributed by atoms with Gasteiger partial charge in [-0.3, -0.25) is 0 Å². The van der Waals surface area contributed by atoms with Gasteiger partial charge in [-0.1, -0.05) is 194 Å². The Morgan fingerprint density at radius 1 is 0.242 bits per heavy atom. The Kier molecular flexibility index (Phi) is 7.60. The van der Waals surface area contributed by atoms with E-state index in [0.717, 1.165) is 82.8 Å². The summed E-state index contributed by atoms with van der Waals surface area (Å²) in [6.45, 7) is 0. The smallest absolute Gasteiger partial charge is 0.0972 e. The monoisotopic (exact) mass is 785 g/mol. The highest BCUT2D eigenvalue weighted by molar-refractivity contribution is 6.31. The van der Waals surface area contributed by atoms with E-state index >= 15 is 0 Å². The van der Waals surface area contributed by atoms with Crippen LogP contribution >= 0.6 is 0 Å². The number of rotatable bonds is 4. The summed E-state index contributed by atoms with van der Waals surface area (Å²) in [6, 6.07) is 76.1. The van der Waals surface area contributed by atoms with Gasteiger partial charge >= 0.3 is 0 Å². The second-order valence-corrected chi connectivity index (χ2v) is 16.2. The summed E-state index contributed by atoms with van der Waals surface area (Å²) in [4.78, 5) is 16.3. The highest BCUT2D eigenvalue weighted by atomic mass is 14.8. The first kappa shape index (κ1) is 34.6. The van der Waals surface area contributed by atoms with Crippen LogP contribution in [-0.4, -0.2) is 15.0 Å². The van der Waals surface area contributed by atoms with Crippen molar-refractivity contribution in [2.75, 3.05) is 0 Å². The van der Waals surface area contributed by atoms with Crippen molar-refractivity contribution in [1.82, 2.24) is 15.0 Å². The molecule has 0 saturated carbocycles. The molecule has 13 aromatic rings. The molecule has 0 aliphatic carbocycles.